The smallest absolute Gasteiger partial charge is 0.177 e. The number of anilines is 1. The molecule has 0 N–H and O–H groups in total. The molecule has 1 aliphatic heterocycles. The second-order valence-electron chi connectivity index (χ2n) is 6.14. The van der Waals surface area contributed by atoms with Gasteiger partial charge >= 0.3 is 0 Å². The first-order valence-corrected chi connectivity index (χ1v) is 11.3. The third kappa shape index (κ3) is 4.05. The molecule has 1 aromatic carbocycles. The molecule has 6 nitrogen and oxygen atoms in total. The van der Waals surface area contributed by atoms with Crippen LogP contribution in [0.2, 0.25) is 0 Å². The van der Waals surface area contributed by atoms with Crippen LogP contribution in [-0.2, 0) is 19.7 Å². The van der Waals surface area contributed by atoms with Crippen molar-refractivity contribution in [3.63, 3.8) is 0 Å². The second kappa shape index (κ2) is 6.41. The van der Waals surface area contributed by atoms with Crippen LogP contribution in [0.25, 0.3) is 0 Å². The summed E-state index contributed by atoms with van der Waals surface area (Å²) in [6.07, 6.45) is 3.15. The molecule has 0 amide bonds. The first kappa shape index (κ1) is 18.2. The van der Waals surface area contributed by atoms with Crippen LogP contribution in [0.4, 0.5) is 5.69 Å². The summed E-state index contributed by atoms with van der Waals surface area (Å²) in [4.78, 5) is 4.38. The van der Waals surface area contributed by atoms with Crippen molar-refractivity contribution in [2.45, 2.75) is 29.2 Å². The van der Waals surface area contributed by atoms with Gasteiger partial charge in [0, 0.05) is 31.6 Å². The highest BCUT2D eigenvalue weighted by Crippen LogP contribution is 2.31. The molecular formula is C15H24N2O4S2. The Morgan fingerprint density at radius 1 is 1.17 bits per heavy atom. The molecule has 1 heterocycles. The van der Waals surface area contributed by atoms with E-state index in [1.165, 1.54) is 12.1 Å². The molecule has 0 radical (unpaired) electrons. The third-order valence-electron chi connectivity index (χ3n) is 4.39. The fourth-order valence-corrected chi connectivity index (χ4v) is 4.50. The molecule has 0 bridgehead atoms. The minimum atomic E-state index is -3.52. The topological polar surface area (TPSA) is 74.8 Å². The van der Waals surface area contributed by atoms with E-state index in [2.05, 4.69) is 18.9 Å². The van der Waals surface area contributed by atoms with Crippen molar-refractivity contribution in [3.05, 3.63) is 18.2 Å². The van der Waals surface area contributed by atoms with E-state index in [4.69, 9.17) is 0 Å². The number of likely N-dealkylation sites (N-methyl/N-ethyl adjacent to an activating group) is 1. The quantitative estimate of drug-likeness (QED) is 0.781. The highest BCUT2D eigenvalue weighted by molar-refractivity contribution is 7.91. The van der Waals surface area contributed by atoms with Gasteiger partial charge in [-0.05, 0) is 38.2 Å². The third-order valence-corrected chi connectivity index (χ3v) is 6.62. The second-order valence-corrected chi connectivity index (χ2v) is 10.1. The van der Waals surface area contributed by atoms with Gasteiger partial charge in [0.15, 0.2) is 19.7 Å². The molecule has 1 fully saturated rings. The molecule has 1 unspecified atom stereocenters. The maximum atomic E-state index is 12.1. The Morgan fingerprint density at radius 2 is 1.83 bits per heavy atom. The molecule has 23 heavy (non-hydrogen) atoms. The average Bonchev–Trinajstić information content (AvgIpc) is 2.93. The lowest BCUT2D eigenvalue weighted by Gasteiger charge is -2.25. The van der Waals surface area contributed by atoms with Gasteiger partial charge in [-0.15, -0.1) is 0 Å². The van der Waals surface area contributed by atoms with Crippen molar-refractivity contribution < 1.29 is 16.8 Å². The van der Waals surface area contributed by atoms with E-state index in [0.29, 0.717) is 11.7 Å². The van der Waals surface area contributed by atoms with Gasteiger partial charge in [0.25, 0.3) is 0 Å². The summed E-state index contributed by atoms with van der Waals surface area (Å²) in [7, 11) is -4.91. The lowest BCUT2D eigenvalue weighted by molar-refractivity contribution is 0.272. The van der Waals surface area contributed by atoms with Gasteiger partial charge in [0.2, 0.25) is 0 Å². The van der Waals surface area contributed by atoms with E-state index >= 15 is 0 Å². The van der Waals surface area contributed by atoms with Gasteiger partial charge in [0.05, 0.1) is 15.5 Å². The van der Waals surface area contributed by atoms with Gasteiger partial charge in [-0.3, -0.25) is 0 Å². The van der Waals surface area contributed by atoms with E-state index in [1.54, 1.807) is 6.07 Å². The zero-order chi connectivity index (χ0) is 17.4. The van der Waals surface area contributed by atoms with Crippen LogP contribution in [0, 0.1) is 0 Å². The van der Waals surface area contributed by atoms with Gasteiger partial charge in [-0.25, -0.2) is 16.8 Å². The SMILES string of the molecule is CCN(C)C1CCN(c2ccc(S(C)(=O)=O)cc2S(C)(=O)=O)C1. The zero-order valence-corrected chi connectivity index (χ0v) is 15.6. The van der Waals surface area contributed by atoms with Crippen molar-refractivity contribution in [1.29, 1.82) is 0 Å². The van der Waals surface area contributed by atoms with Crippen LogP contribution in [0.5, 0.6) is 0 Å². The zero-order valence-electron chi connectivity index (χ0n) is 14.0. The number of hydrogen-bond donors (Lipinski definition) is 0. The van der Waals surface area contributed by atoms with Crippen LogP contribution < -0.4 is 4.90 Å². The maximum absolute atomic E-state index is 12.1. The summed E-state index contributed by atoms with van der Waals surface area (Å²) in [6.45, 7) is 4.52. The van der Waals surface area contributed by atoms with Crippen molar-refractivity contribution in [1.82, 2.24) is 4.90 Å². The molecular weight excluding hydrogens is 336 g/mol. The first-order chi connectivity index (χ1) is 10.5. The summed E-state index contributed by atoms with van der Waals surface area (Å²) in [5.74, 6) is 0. The molecule has 8 heteroatoms. The summed E-state index contributed by atoms with van der Waals surface area (Å²) in [6, 6.07) is 4.75. The number of sulfone groups is 2. The lowest BCUT2D eigenvalue weighted by Crippen LogP contribution is -2.34. The molecule has 0 aliphatic carbocycles. The van der Waals surface area contributed by atoms with Crippen LogP contribution in [0.3, 0.4) is 0 Å². The molecule has 0 spiro atoms. The molecule has 1 aliphatic rings. The summed E-state index contributed by atoms with van der Waals surface area (Å²) >= 11 is 0. The van der Waals surface area contributed by atoms with Crippen LogP contribution in [-0.4, -0.2) is 67.0 Å². The molecule has 1 atom stereocenters. The summed E-state index contributed by atoms with van der Waals surface area (Å²) in [5.41, 5.74) is 0.590. The van der Waals surface area contributed by atoms with Gasteiger partial charge < -0.3 is 9.80 Å². The van der Waals surface area contributed by atoms with Crippen molar-refractivity contribution in [2.24, 2.45) is 0 Å². The Bertz CT molecular complexity index is 788. The van der Waals surface area contributed by atoms with Crippen molar-refractivity contribution in [2.75, 3.05) is 44.1 Å². The first-order valence-electron chi connectivity index (χ1n) is 7.53. The van der Waals surface area contributed by atoms with Gasteiger partial charge in [0.1, 0.15) is 0 Å². The molecule has 2 rings (SSSR count). The van der Waals surface area contributed by atoms with E-state index in [1.807, 2.05) is 4.90 Å². The van der Waals surface area contributed by atoms with Crippen molar-refractivity contribution >= 4 is 25.4 Å². The monoisotopic (exact) mass is 360 g/mol. The largest absolute Gasteiger partial charge is 0.369 e. The fraction of sp³-hybridized carbons (Fsp3) is 0.600. The summed E-state index contributed by atoms with van der Waals surface area (Å²) < 4.78 is 47.7. The Balaban J connectivity index is 2.44. The maximum Gasteiger partial charge on any atom is 0.177 e. The average molecular weight is 361 g/mol. The normalized spacial score (nSPS) is 19.5. The van der Waals surface area contributed by atoms with E-state index in [-0.39, 0.29) is 9.79 Å². The van der Waals surface area contributed by atoms with Gasteiger partial charge in [-0.2, -0.15) is 0 Å². The predicted molar refractivity (Wildman–Crippen MR) is 91.6 cm³/mol. The number of rotatable bonds is 5. The molecule has 0 aromatic heterocycles. The predicted octanol–water partition coefficient (Wildman–Crippen LogP) is 1.02. The van der Waals surface area contributed by atoms with Crippen molar-refractivity contribution in [3.8, 4) is 0 Å². The highest BCUT2D eigenvalue weighted by Gasteiger charge is 2.29. The Morgan fingerprint density at radius 3 is 2.35 bits per heavy atom. The molecule has 1 aromatic rings. The Hall–Kier alpha value is -1.12. The molecule has 130 valence electrons. The van der Waals surface area contributed by atoms with Crippen LogP contribution in [0.15, 0.2) is 28.0 Å². The van der Waals surface area contributed by atoms with Gasteiger partial charge in [-0.1, -0.05) is 6.92 Å². The van der Waals surface area contributed by atoms with E-state index in [9.17, 15) is 16.8 Å². The molecule has 0 saturated carbocycles. The van der Waals surface area contributed by atoms with Crippen LogP contribution in [0.1, 0.15) is 13.3 Å². The Kier molecular flexibility index (Phi) is 5.08. The number of nitrogens with zero attached hydrogens (tertiary/aromatic N) is 2. The highest BCUT2D eigenvalue weighted by atomic mass is 32.2. The minimum absolute atomic E-state index is 0.0306. The number of benzene rings is 1. The fourth-order valence-electron chi connectivity index (χ4n) is 2.86. The minimum Gasteiger partial charge on any atom is -0.369 e. The lowest BCUT2D eigenvalue weighted by atomic mass is 10.2. The Labute approximate surface area is 138 Å². The van der Waals surface area contributed by atoms with Crippen LogP contribution >= 0.6 is 0 Å². The van der Waals surface area contributed by atoms with E-state index in [0.717, 1.165) is 38.6 Å². The van der Waals surface area contributed by atoms with E-state index < -0.39 is 19.7 Å². The summed E-state index contributed by atoms with van der Waals surface area (Å²) in [5, 5.41) is 0. The standard InChI is InChI=1S/C15H24N2O4S2/c1-5-16(2)12-8-9-17(11-12)14-7-6-13(22(3,18)19)10-15(14)23(4,20)21/h6-7,10,12H,5,8-9,11H2,1-4H3. The molecule has 1 saturated heterocycles. The number of hydrogen-bond acceptors (Lipinski definition) is 6.